The van der Waals surface area contributed by atoms with E-state index in [4.69, 9.17) is 0 Å². The first-order valence-corrected chi connectivity index (χ1v) is 18.8. The van der Waals surface area contributed by atoms with Crippen molar-refractivity contribution in [2.45, 2.75) is 8.45 Å². The third-order valence-electron chi connectivity index (χ3n) is 7.93. The Hall–Kier alpha value is -2.13. The van der Waals surface area contributed by atoms with E-state index in [1.165, 1.54) is 22.3 Å². The third kappa shape index (κ3) is 3.38. The van der Waals surface area contributed by atoms with Crippen molar-refractivity contribution >= 4 is 52.3 Å². The van der Waals surface area contributed by atoms with Gasteiger partial charge in [-0.15, -0.1) is 24.8 Å². The van der Waals surface area contributed by atoms with E-state index in [1.807, 2.05) is 0 Å². The molecule has 0 aliphatic heterocycles. The summed E-state index contributed by atoms with van der Waals surface area (Å²) in [6.45, 7) is 0. The molecule has 2 aliphatic carbocycles. The number of fused-ring (bicyclic) bond motifs is 2. The Labute approximate surface area is 217 Å². The Morgan fingerprint density at radius 3 is 1.24 bits per heavy atom. The second-order valence-corrected chi connectivity index (χ2v) is 24.4. The average molecular weight is 535 g/mol. The minimum atomic E-state index is -3.85. The van der Waals surface area contributed by atoms with E-state index in [2.05, 4.69) is 141 Å². The molecule has 2 unspecified atom stereocenters. The van der Waals surface area contributed by atoms with Gasteiger partial charge in [-0.25, -0.2) is 0 Å². The maximum absolute atomic E-state index is 3.85. The molecular formula is C30H28Cl2SiTi. The molecular weight excluding hydrogens is 507 g/mol. The molecule has 0 saturated heterocycles. The van der Waals surface area contributed by atoms with Crippen LogP contribution in [0.3, 0.4) is 0 Å². The molecule has 0 amide bonds. The molecule has 2 aliphatic rings. The molecule has 2 atom stereocenters. The monoisotopic (exact) mass is 534 g/mol. The van der Waals surface area contributed by atoms with Gasteiger partial charge in [0.25, 0.3) is 0 Å². The third-order valence-corrected chi connectivity index (χ3v) is 26.2. The fourth-order valence-corrected chi connectivity index (χ4v) is 22.4. The maximum atomic E-state index is 2.53. The summed E-state index contributed by atoms with van der Waals surface area (Å²) in [4.78, 5) is 0. The number of hydrogen-bond acceptors (Lipinski definition) is 0. The van der Waals surface area contributed by atoms with Crippen molar-refractivity contribution in [3.8, 4) is 0 Å². The number of halogens is 2. The topological polar surface area (TPSA) is 0 Å². The van der Waals surface area contributed by atoms with E-state index in [0.717, 1.165) is 0 Å². The Morgan fingerprint density at radius 1 is 0.471 bits per heavy atom. The van der Waals surface area contributed by atoms with Crippen molar-refractivity contribution in [2.75, 3.05) is 0 Å². The summed E-state index contributed by atoms with van der Waals surface area (Å²) in [5, 5.41) is 0. The van der Waals surface area contributed by atoms with Crippen LogP contribution in [0.5, 0.6) is 0 Å². The van der Waals surface area contributed by atoms with Gasteiger partial charge in [-0.05, 0) is 0 Å². The second kappa shape index (κ2) is 9.49. The molecule has 170 valence electrons. The summed E-state index contributed by atoms with van der Waals surface area (Å²) in [7, 11) is 2.38. The predicted octanol–water partition coefficient (Wildman–Crippen LogP) is 6.25. The Balaban J connectivity index is 0.00000137. The van der Waals surface area contributed by atoms with E-state index in [1.54, 1.807) is 7.74 Å². The summed E-state index contributed by atoms with van der Waals surface area (Å²) < 4.78 is 3.89. The molecule has 4 heteroatoms. The molecule has 0 aromatic heterocycles. The molecule has 0 fully saturated rings. The van der Waals surface area contributed by atoms with Gasteiger partial charge >= 0.3 is 194 Å². The summed E-state index contributed by atoms with van der Waals surface area (Å²) in [5.41, 5.74) is 5.73. The van der Waals surface area contributed by atoms with Crippen LogP contribution in [0.2, 0.25) is 0 Å². The Morgan fingerprint density at radius 2 is 0.824 bits per heavy atom. The summed E-state index contributed by atoms with van der Waals surface area (Å²) in [5.74, 6) is 0. The fourth-order valence-electron chi connectivity index (χ4n) is 6.39. The van der Waals surface area contributed by atoms with E-state index in [-0.39, 0.29) is 24.8 Å². The quantitative estimate of drug-likeness (QED) is 0.271. The van der Waals surface area contributed by atoms with Gasteiger partial charge in [-0.3, -0.25) is 0 Å². The van der Waals surface area contributed by atoms with E-state index in [9.17, 15) is 0 Å². The molecule has 0 saturated carbocycles. The SMILES string of the molecule is Cl.Cl.[SiH2]=[Ti]([c]1ccccc1)([c]1ccccc1)([CH]1C=Cc2ccccc21)[CH]1C=Cc2ccccc21. The molecule has 0 heterocycles. The van der Waals surface area contributed by atoms with Gasteiger partial charge in [0.1, 0.15) is 0 Å². The standard InChI is InChI=1S/2C9H7.2C6H5.2ClH.H2Si.Ti/c2*1-2-5-9-7-3-6-8(9)4-1;2*1-2-4-6-5-3-1;;;;/h2*1-7H;2*1-5H;2*1H;1H2;. The van der Waals surface area contributed by atoms with Crippen LogP contribution >= 0.6 is 24.8 Å². The first-order chi connectivity index (χ1) is 15.7. The van der Waals surface area contributed by atoms with Crippen LogP contribution in [0, 0.1) is 0 Å². The molecule has 6 rings (SSSR count). The van der Waals surface area contributed by atoms with Crippen LogP contribution in [0.15, 0.2) is 121 Å². The summed E-state index contributed by atoms with van der Waals surface area (Å²) in [6, 6.07) is 41.0. The van der Waals surface area contributed by atoms with E-state index < -0.39 is 14.0 Å². The number of benzene rings is 4. The molecule has 0 bridgehead atoms. The molecule has 0 spiro atoms. The molecule has 4 aromatic rings. The molecule has 34 heavy (non-hydrogen) atoms. The Bertz CT molecular complexity index is 1330. The number of allylic oxidation sites excluding steroid dienone is 2. The molecule has 4 aromatic carbocycles. The average Bonchev–Trinajstić information content (AvgIpc) is 3.50. The number of hydrogen-bond donors (Lipinski definition) is 0. The zero-order valence-electron chi connectivity index (χ0n) is 18.9. The minimum absolute atomic E-state index is 0. The van der Waals surface area contributed by atoms with Gasteiger partial charge in [0, 0.05) is 0 Å². The Kier molecular flexibility index (Phi) is 6.97. The van der Waals surface area contributed by atoms with Crippen molar-refractivity contribution < 1.29 is 14.0 Å². The van der Waals surface area contributed by atoms with Crippen LogP contribution < -0.4 is 7.74 Å². The normalized spacial score (nSPS) is 17.9. The van der Waals surface area contributed by atoms with Crippen molar-refractivity contribution in [3.63, 3.8) is 0 Å². The van der Waals surface area contributed by atoms with Gasteiger partial charge in [-0.1, -0.05) is 0 Å². The molecule has 0 radical (unpaired) electrons. The van der Waals surface area contributed by atoms with Crippen LogP contribution in [0.25, 0.3) is 12.2 Å². The number of rotatable bonds is 4. The van der Waals surface area contributed by atoms with Crippen LogP contribution in [0.1, 0.15) is 30.7 Å². The van der Waals surface area contributed by atoms with Gasteiger partial charge in [0.05, 0.1) is 0 Å². The second-order valence-electron chi connectivity index (χ2n) is 9.29. The first kappa shape index (κ1) is 25.0. The molecule has 0 nitrogen and oxygen atoms in total. The van der Waals surface area contributed by atoms with Crippen molar-refractivity contribution in [2.24, 2.45) is 0 Å². The molecule has 0 N–H and O–H groups in total. The van der Waals surface area contributed by atoms with E-state index in [0.29, 0.717) is 8.45 Å². The van der Waals surface area contributed by atoms with E-state index >= 15 is 0 Å². The van der Waals surface area contributed by atoms with Gasteiger partial charge < -0.3 is 0 Å². The summed E-state index contributed by atoms with van der Waals surface area (Å²) in [6.07, 6.45) is 9.80. The van der Waals surface area contributed by atoms with Crippen molar-refractivity contribution in [3.05, 3.63) is 144 Å². The van der Waals surface area contributed by atoms with Gasteiger partial charge in [0.15, 0.2) is 0 Å². The zero-order chi connectivity index (χ0) is 21.6. The van der Waals surface area contributed by atoms with Crippen LogP contribution in [-0.4, -0.2) is 7.63 Å². The van der Waals surface area contributed by atoms with Crippen molar-refractivity contribution in [1.82, 2.24) is 0 Å². The fraction of sp³-hybridized carbons (Fsp3) is 0.0667. The zero-order valence-corrected chi connectivity index (χ0v) is 23.5. The van der Waals surface area contributed by atoms with Gasteiger partial charge in [-0.2, -0.15) is 0 Å². The van der Waals surface area contributed by atoms with Crippen LogP contribution in [0.4, 0.5) is 0 Å². The predicted molar refractivity (Wildman–Crippen MR) is 152 cm³/mol. The first-order valence-electron chi connectivity index (χ1n) is 11.4. The van der Waals surface area contributed by atoms with Crippen LogP contribution in [-0.2, 0) is 14.0 Å². The summed E-state index contributed by atoms with van der Waals surface area (Å²) >= 11 is -3.85. The van der Waals surface area contributed by atoms with Gasteiger partial charge in [0.2, 0.25) is 0 Å². The van der Waals surface area contributed by atoms with Crippen molar-refractivity contribution in [1.29, 1.82) is 0 Å².